The van der Waals surface area contributed by atoms with Crippen LogP contribution in [0.4, 0.5) is 0 Å². The van der Waals surface area contributed by atoms with Crippen molar-refractivity contribution in [1.82, 2.24) is 9.97 Å². The van der Waals surface area contributed by atoms with E-state index in [1.54, 1.807) is 22.7 Å². The summed E-state index contributed by atoms with van der Waals surface area (Å²) in [5.74, 6) is 0. The summed E-state index contributed by atoms with van der Waals surface area (Å²) >= 11 is 3.58. The maximum absolute atomic E-state index is 5.05. The van der Waals surface area contributed by atoms with Crippen LogP contribution >= 0.6 is 22.7 Å². The Kier molecular flexibility index (Phi) is 12.4. The molecule has 0 N–H and O–H groups in total. The smallest absolute Gasteiger partial charge is 0.124 e. The average Bonchev–Trinajstić information content (AvgIpc) is 1.56. The van der Waals surface area contributed by atoms with Gasteiger partial charge in [-0.05, 0) is 181 Å². The minimum atomic E-state index is -0.0654. The van der Waals surface area contributed by atoms with Gasteiger partial charge in [-0.25, -0.2) is 9.97 Å². The largest absolute Gasteiger partial charge is 0.236 e. The summed E-state index contributed by atoms with van der Waals surface area (Å²) in [7, 11) is 0. The van der Waals surface area contributed by atoms with E-state index in [1.807, 2.05) is 0 Å². The van der Waals surface area contributed by atoms with Crippen molar-refractivity contribution in [2.75, 3.05) is 0 Å². The first-order chi connectivity index (χ1) is 45.1. The minimum Gasteiger partial charge on any atom is -0.236 e. The van der Waals surface area contributed by atoms with E-state index in [2.05, 4.69) is 319 Å². The third-order valence-corrected chi connectivity index (χ3v) is 22.2. The summed E-state index contributed by atoms with van der Waals surface area (Å²) in [6.45, 7) is 9.43. The molecule has 15 aromatic carbocycles. The molecule has 0 fully saturated rings. The molecule has 0 radical (unpaired) electrons. The third kappa shape index (κ3) is 8.73. The van der Waals surface area contributed by atoms with Gasteiger partial charge in [0.2, 0.25) is 0 Å². The lowest BCUT2D eigenvalue weighted by Gasteiger charge is -2.22. The predicted octanol–water partition coefficient (Wildman–Crippen LogP) is 25.0. The van der Waals surface area contributed by atoms with Crippen LogP contribution in [0.15, 0.2) is 291 Å². The third-order valence-electron chi connectivity index (χ3n) is 20.0. The van der Waals surface area contributed by atoms with E-state index in [-0.39, 0.29) is 10.8 Å². The summed E-state index contributed by atoms with van der Waals surface area (Å²) in [5.41, 5.74) is 25.4. The number of hydrogen-bond acceptors (Lipinski definition) is 4. The lowest BCUT2D eigenvalue weighted by Crippen LogP contribution is -2.15. The molecule has 19 rings (SSSR count). The summed E-state index contributed by atoms with van der Waals surface area (Å²) < 4.78 is 2.50. The lowest BCUT2D eigenvalue weighted by atomic mass is 9.81. The first-order valence-corrected chi connectivity index (χ1v) is 33.5. The molecule has 0 unspecified atom stereocenters. The van der Waals surface area contributed by atoms with Gasteiger partial charge in [-0.2, -0.15) is 0 Å². The molecule has 2 heterocycles. The molecule has 92 heavy (non-hydrogen) atoms. The van der Waals surface area contributed by atoms with Crippen molar-refractivity contribution in [3.8, 4) is 87.9 Å². The molecular weight excluding hydrogens is 1150 g/mol. The average molecular weight is 1210 g/mol. The van der Waals surface area contributed by atoms with Crippen LogP contribution in [0.5, 0.6) is 0 Å². The number of fused-ring (bicyclic) bond motifs is 18. The van der Waals surface area contributed by atoms with Crippen LogP contribution in [0.2, 0.25) is 0 Å². The number of nitrogens with zero attached hydrogens (tertiary/aromatic N) is 2. The number of thiazole rings is 2. The van der Waals surface area contributed by atoms with Crippen molar-refractivity contribution in [3.63, 3.8) is 0 Å². The van der Waals surface area contributed by atoms with Gasteiger partial charge in [-0.15, -0.1) is 22.7 Å². The Labute approximate surface area is 543 Å². The summed E-state index contributed by atoms with van der Waals surface area (Å²) in [6, 6.07) is 107. The Balaban J connectivity index is 0.000000136. The quantitative estimate of drug-likeness (QED) is 0.155. The van der Waals surface area contributed by atoms with Crippen LogP contribution < -0.4 is 0 Å². The summed E-state index contributed by atoms with van der Waals surface area (Å²) in [4.78, 5) is 10.1. The van der Waals surface area contributed by atoms with Crippen molar-refractivity contribution in [1.29, 1.82) is 0 Å². The SMILES string of the molecule is CC1(C)c2cc(-c3cccc(-c4ccc5ccc6ccc7nc(-c8ccccc8)sc7c6c5c4)c3)ccc2-c2c1ccc1ccccc21.CC1(C)c2ccccc2-c2ccc(-c3cccc(-c4ccc5ccc6ccc7nc(-c8ccccc8)sc7c6c5c4)c3)cc21. The predicted molar refractivity (Wildman–Crippen MR) is 395 cm³/mol. The lowest BCUT2D eigenvalue weighted by molar-refractivity contribution is 0.660. The highest BCUT2D eigenvalue weighted by Gasteiger charge is 2.37. The number of rotatable bonds is 6. The molecule has 0 bridgehead atoms. The topological polar surface area (TPSA) is 25.8 Å². The zero-order valence-corrected chi connectivity index (χ0v) is 53.1. The number of hydrogen-bond donors (Lipinski definition) is 0. The minimum absolute atomic E-state index is 0.0126. The van der Waals surface area contributed by atoms with Gasteiger partial charge in [0.15, 0.2) is 0 Å². The highest BCUT2D eigenvalue weighted by molar-refractivity contribution is 7.23. The Morgan fingerprint density at radius 2 is 0.630 bits per heavy atom. The van der Waals surface area contributed by atoms with Crippen LogP contribution in [0.1, 0.15) is 49.9 Å². The van der Waals surface area contributed by atoms with E-state index >= 15 is 0 Å². The maximum atomic E-state index is 5.05. The maximum Gasteiger partial charge on any atom is 0.124 e. The van der Waals surface area contributed by atoms with E-state index in [4.69, 9.17) is 9.97 Å². The number of aromatic nitrogens is 2. The van der Waals surface area contributed by atoms with Gasteiger partial charge in [0.1, 0.15) is 10.0 Å². The van der Waals surface area contributed by atoms with Crippen molar-refractivity contribution in [2.24, 2.45) is 0 Å². The van der Waals surface area contributed by atoms with Crippen LogP contribution in [-0.4, -0.2) is 9.97 Å². The van der Waals surface area contributed by atoms with Gasteiger partial charge in [-0.1, -0.05) is 270 Å². The normalized spacial score (nSPS) is 13.4. The van der Waals surface area contributed by atoms with Crippen molar-refractivity contribution in [3.05, 3.63) is 313 Å². The van der Waals surface area contributed by atoms with Crippen LogP contribution in [-0.2, 0) is 10.8 Å². The fourth-order valence-electron chi connectivity index (χ4n) is 15.1. The van der Waals surface area contributed by atoms with Gasteiger partial charge in [0.25, 0.3) is 0 Å². The van der Waals surface area contributed by atoms with Crippen molar-refractivity contribution in [2.45, 2.75) is 38.5 Å². The van der Waals surface area contributed by atoms with E-state index in [1.165, 1.54) is 158 Å². The van der Waals surface area contributed by atoms with Crippen LogP contribution in [0, 0.1) is 0 Å². The van der Waals surface area contributed by atoms with E-state index in [9.17, 15) is 0 Å². The van der Waals surface area contributed by atoms with Gasteiger partial charge in [0.05, 0.1) is 20.4 Å². The molecule has 2 aliphatic rings. The fourth-order valence-corrected chi connectivity index (χ4v) is 17.4. The molecule has 434 valence electrons. The molecule has 0 saturated carbocycles. The monoisotopic (exact) mass is 1210 g/mol. The molecule has 0 amide bonds. The zero-order chi connectivity index (χ0) is 61.4. The fraction of sp³-hybridized carbons (Fsp3) is 0.0682. The van der Waals surface area contributed by atoms with Gasteiger partial charge in [0, 0.05) is 32.7 Å². The molecule has 2 aromatic heterocycles. The second-order valence-electron chi connectivity index (χ2n) is 26.0. The Bertz CT molecular complexity index is 5890. The Hall–Kier alpha value is -10.6. The van der Waals surface area contributed by atoms with Gasteiger partial charge >= 0.3 is 0 Å². The van der Waals surface area contributed by atoms with Gasteiger partial charge < -0.3 is 0 Å². The molecule has 2 nitrogen and oxygen atoms in total. The Morgan fingerprint density at radius 3 is 1.20 bits per heavy atom. The van der Waals surface area contributed by atoms with Crippen molar-refractivity contribution >= 4 is 97.0 Å². The first kappa shape index (κ1) is 54.3. The molecule has 0 atom stereocenters. The molecule has 17 aromatic rings. The van der Waals surface area contributed by atoms with Crippen LogP contribution in [0.25, 0.3) is 162 Å². The highest BCUT2D eigenvalue weighted by atomic mass is 32.1. The van der Waals surface area contributed by atoms with E-state index < -0.39 is 0 Å². The second kappa shape index (κ2) is 21.0. The molecule has 4 heteroatoms. The zero-order valence-electron chi connectivity index (χ0n) is 51.4. The first-order valence-electron chi connectivity index (χ1n) is 31.8. The molecule has 0 spiro atoms. The number of benzene rings is 15. The van der Waals surface area contributed by atoms with Crippen molar-refractivity contribution < 1.29 is 0 Å². The molecule has 2 aliphatic carbocycles. The second-order valence-corrected chi connectivity index (χ2v) is 28.0. The van der Waals surface area contributed by atoms with E-state index in [0.717, 1.165) is 26.6 Å². The Morgan fingerprint density at radius 1 is 0.250 bits per heavy atom. The highest BCUT2D eigenvalue weighted by Crippen LogP contribution is 2.53. The van der Waals surface area contributed by atoms with E-state index in [0.29, 0.717) is 0 Å². The molecule has 0 aliphatic heterocycles. The van der Waals surface area contributed by atoms with Crippen LogP contribution in [0.3, 0.4) is 0 Å². The summed E-state index contributed by atoms with van der Waals surface area (Å²) in [5, 5.41) is 14.9. The van der Waals surface area contributed by atoms with Gasteiger partial charge in [-0.3, -0.25) is 0 Å². The molecular formula is C88H60N2S2. The standard InChI is InChI=1S/C46H31NS.C42H29NS/c1-46(2)39-23-20-28-9-6-7-14-36(28)43(39)37-22-19-35(27-40(37)46)33-13-8-12-32(25-33)34-18-16-29-15-17-30-21-24-41-44(42(30)38(29)26-34)48-45(47-41)31-10-4-3-5-11-31;1-42(2)36-14-7-6-13-33(36)34-21-19-32(25-37(34)42)30-12-8-11-29(23-30)31-18-16-26-15-17-27-20-22-38-40(39(27)35(26)24-31)44-41(43-38)28-9-4-3-5-10-28/h3-27H,1-2H3;3-25H,1-2H3. The molecule has 0 saturated heterocycles. The summed E-state index contributed by atoms with van der Waals surface area (Å²) in [6.07, 6.45) is 0.